The number of furan rings is 1. The smallest absolute Gasteiger partial charge is 0.240 e. The van der Waals surface area contributed by atoms with E-state index in [2.05, 4.69) is 87.5 Å². The first-order valence-corrected chi connectivity index (χ1v) is 12.4. The van der Waals surface area contributed by atoms with Gasteiger partial charge in [-0.05, 0) is 40.8 Å². The molecule has 154 valence electrons. The zero-order chi connectivity index (χ0) is 20.5. The van der Waals surface area contributed by atoms with E-state index >= 15 is 0 Å². The van der Waals surface area contributed by atoms with Gasteiger partial charge in [0, 0.05) is 6.42 Å². The normalized spacial score (nSPS) is 13.0. The summed E-state index contributed by atoms with van der Waals surface area (Å²) in [5, 5.41) is 2.71. The molecule has 2 aromatic carbocycles. The fraction of sp³-hybridized carbons (Fsp3) is 0.385. The number of benzene rings is 2. The van der Waals surface area contributed by atoms with Crippen molar-refractivity contribution in [2.75, 3.05) is 0 Å². The lowest BCUT2D eigenvalue weighted by molar-refractivity contribution is 0.0788. The summed E-state index contributed by atoms with van der Waals surface area (Å²) < 4.78 is 12.4. The summed E-state index contributed by atoms with van der Waals surface area (Å²) in [4.78, 5) is 0. The molecular formula is C26H34O2Si. The molecule has 0 radical (unpaired) electrons. The average molecular weight is 407 g/mol. The molecule has 0 saturated carbocycles. The second kappa shape index (κ2) is 10.6. The van der Waals surface area contributed by atoms with Crippen LogP contribution in [0.25, 0.3) is 0 Å². The summed E-state index contributed by atoms with van der Waals surface area (Å²) in [5.41, 5.74) is 0.121. The van der Waals surface area contributed by atoms with Gasteiger partial charge in [0.15, 0.2) is 0 Å². The number of hydrogen-bond acceptors (Lipinski definition) is 2. The Morgan fingerprint density at radius 1 is 0.793 bits per heavy atom. The molecule has 1 unspecified atom stereocenters. The van der Waals surface area contributed by atoms with Crippen LogP contribution in [-0.4, -0.2) is 15.1 Å². The van der Waals surface area contributed by atoms with Crippen molar-refractivity contribution >= 4 is 19.4 Å². The van der Waals surface area contributed by atoms with E-state index in [0.29, 0.717) is 0 Å². The van der Waals surface area contributed by atoms with Crippen molar-refractivity contribution in [1.82, 2.24) is 0 Å². The van der Waals surface area contributed by atoms with Crippen molar-refractivity contribution in [3.05, 3.63) is 84.8 Å². The van der Waals surface area contributed by atoms with Crippen molar-refractivity contribution in [3.63, 3.8) is 0 Å². The minimum absolute atomic E-state index is 0.121. The SMILES string of the molecule is CC(C)(C)C(CCCCCc1ccco1)O[SiH](c1ccccc1)c1ccccc1. The second-order valence-electron chi connectivity index (χ2n) is 8.87. The summed E-state index contributed by atoms with van der Waals surface area (Å²) in [6.07, 6.45) is 7.71. The Balaban J connectivity index is 1.64. The zero-order valence-electron chi connectivity index (χ0n) is 18.0. The molecule has 0 N–H and O–H groups in total. The van der Waals surface area contributed by atoms with Crippen molar-refractivity contribution < 1.29 is 8.84 Å². The van der Waals surface area contributed by atoms with Crippen LogP contribution in [0.4, 0.5) is 0 Å². The molecule has 0 aliphatic heterocycles. The monoisotopic (exact) mass is 406 g/mol. The molecular weight excluding hydrogens is 372 g/mol. The maximum absolute atomic E-state index is 6.96. The fourth-order valence-electron chi connectivity index (χ4n) is 3.74. The highest BCUT2D eigenvalue weighted by Gasteiger charge is 2.30. The Labute approximate surface area is 177 Å². The van der Waals surface area contributed by atoms with E-state index in [1.54, 1.807) is 6.26 Å². The number of aryl methyl sites for hydroxylation is 1. The molecule has 0 amide bonds. The van der Waals surface area contributed by atoms with Crippen LogP contribution in [0.3, 0.4) is 0 Å². The number of hydrogen-bond donors (Lipinski definition) is 0. The lowest BCUT2D eigenvalue weighted by atomic mass is 9.86. The van der Waals surface area contributed by atoms with Crippen LogP contribution < -0.4 is 10.4 Å². The van der Waals surface area contributed by atoms with Crippen LogP contribution in [0.15, 0.2) is 83.5 Å². The van der Waals surface area contributed by atoms with Crippen LogP contribution in [0.5, 0.6) is 0 Å². The summed E-state index contributed by atoms with van der Waals surface area (Å²) in [7, 11) is -1.72. The van der Waals surface area contributed by atoms with Crippen LogP contribution in [0.1, 0.15) is 52.2 Å². The molecule has 0 aliphatic carbocycles. The largest absolute Gasteiger partial charge is 0.469 e. The van der Waals surface area contributed by atoms with Crippen LogP contribution >= 0.6 is 0 Å². The molecule has 0 bridgehead atoms. The summed E-state index contributed by atoms with van der Waals surface area (Å²) in [5.74, 6) is 1.09. The van der Waals surface area contributed by atoms with Gasteiger partial charge in [-0.15, -0.1) is 0 Å². The van der Waals surface area contributed by atoms with Gasteiger partial charge in [0.05, 0.1) is 12.4 Å². The highest BCUT2D eigenvalue weighted by Crippen LogP contribution is 2.27. The van der Waals surface area contributed by atoms with Gasteiger partial charge in [0.1, 0.15) is 5.76 Å². The zero-order valence-corrected chi connectivity index (χ0v) is 19.2. The van der Waals surface area contributed by atoms with E-state index < -0.39 is 9.04 Å². The second-order valence-corrected chi connectivity index (χ2v) is 11.2. The van der Waals surface area contributed by atoms with E-state index in [-0.39, 0.29) is 11.5 Å². The molecule has 2 nitrogen and oxygen atoms in total. The first kappa shape index (κ1) is 21.6. The Hall–Kier alpha value is -2.10. The third-order valence-corrected chi connectivity index (χ3v) is 8.02. The predicted molar refractivity (Wildman–Crippen MR) is 125 cm³/mol. The topological polar surface area (TPSA) is 22.4 Å². The molecule has 1 aromatic heterocycles. The van der Waals surface area contributed by atoms with Gasteiger partial charge in [0.25, 0.3) is 0 Å². The minimum Gasteiger partial charge on any atom is -0.469 e. The first-order chi connectivity index (χ1) is 14.0. The van der Waals surface area contributed by atoms with Gasteiger partial charge in [-0.1, -0.05) is 94.3 Å². The maximum atomic E-state index is 6.96. The van der Waals surface area contributed by atoms with Crippen LogP contribution in [0.2, 0.25) is 0 Å². The lowest BCUT2D eigenvalue weighted by Gasteiger charge is -2.34. The van der Waals surface area contributed by atoms with Gasteiger partial charge >= 0.3 is 0 Å². The Morgan fingerprint density at radius 2 is 1.41 bits per heavy atom. The standard InChI is InChI=1S/C26H34O2Si/c1-26(2,3)25(20-12-4-7-14-22-15-13-21-27-22)28-29(23-16-8-5-9-17-23)24-18-10-6-11-19-24/h5-6,8-11,13,15-19,21,25,29H,4,7,12,14,20H2,1-3H3. The van der Waals surface area contributed by atoms with Crippen LogP contribution in [0, 0.1) is 5.41 Å². The highest BCUT2D eigenvalue weighted by atomic mass is 28.3. The molecule has 0 spiro atoms. The van der Waals surface area contributed by atoms with Gasteiger partial charge in [-0.2, -0.15) is 0 Å². The fourth-order valence-corrected chi connectivity index (χ4v) is 6.45. The highest BCUT2D eigenvalue weighted by molar-refractivity contribution is 6.80. The van der Waals surface area contributed by atoms with E-state index in [4.69, 9.17) is 8.84 Å². The van der Waals surface area contributed by atoms with E-state index in [1.165, 1.54) is 29.6 Å². The minimum atomic E-state index is -1.72. The van der Waals surface area contributed by atoms with Crippen molar-refractivity contribution in [1.29, 1.82) is 0 Å². The number of unbranched alkanes of at least 4 members (excludes halogenated alkanes) is 2. The lowest BCUT2D eigenvalue weighted by Crippen LogP contribution is -2.49. The van der Waals surface area contributed by atoms with Gasteiger partial charge in [-0.25, -0.2) is 0 Å². The molecule has 0 fully saturated rings. The Bertz CT molecular complexity index is 767. The third kappa shape index (κ3) is 6.72. The summed E-state index contributed by atoms with van der Waals surface area (Å²) >= 11 is 0. The summed E-state index contributed by atoms with van der Waals surface area (Å²) in [6.45, 7) is 6.92. The molecule has 3 aromatic rings. The maximum Gasteiger partial charge on any atom is 0.240 e. The third-order valence-electron chi connectivity index (χ3n) is 5.44. The van der Waals surface area contributed by atoms with Crippen LogP contribution in [-0.2, 0) is 10.8 Å². The summed E-state index contributed by atoms with van der Waals surface area (Å²) in [6, 6.07) is 25.6. The van der Waals surface area contributed by atoms with Crippen molar-refractivity contribution in [3.8, 4) is 0 Å². The van der Waals surface area contributed by atoms with E-state index in [0.717, 1.165) is 18.6 Å². The van der Waals surface area contributed by atoms with Gasteiger partial charge in [0.2, 0.25) is 9.04 Å². The quantitative estimate of drug-likeness (QED) is 0.334. The van der Waals surface area contributed by atoms with Gasteiger partial charge < -0.3 is 8.84 Å². The predicted octanol–water partition coefficient (Wildman–Crippen LogP) is 5.35. The molecule has 0 saturated heterocycles. The average Bonchev–Trinajstić information content (AvgIpc) is 3.24. The number of rotatable bonds is 10. The van der Waals surface area contributed by atoms with Crippen molar-refractivity contribution in [2.45, 2.75) is 59.0 Å². The Kier molecular flexibility index (Phi) is 7.90. The van der Waals surface area contributed by atoms with Crippen molar-refractivity contribution in [2.24, 2.45) is 5.41 Å². The molecule has 0 aliphatic rings. The van der Waals surface area contributed by atoms with Gasteiger partial charge in [-0.3, -0.25) is 0 Å². The van der Waals surface area contributed by atoms with E-state index in [9.17, 15) is 0 Å². The molecule has 3 heteroatoms. The molecule has 1 heterocycles. The molecule has 3 rings (SSSR count). The Morgan fingerprint density at radius 3 is 1.93 bits per heavy atom. The van der Waals surface area contributed by atoms with E-state index in [1.807, 2.05) is 6.07 Å². The first-order valence-electron chi connectivity index (χ1n) is 10.8. The molecule has 1 atom stereocenters. The molecule has 29 heavy (non-hydrogen) atoms.